The summed E-state index contributed by atoms with van der Waals surface area (Å²) in [6.07, 6.45) is 2.55. The fourth-order valence-corrected chi connectivity index (χ4v) is 4.78. The van der Waals surface area contributed by atoms with E-state index in [2.05, 4.69) is 62.0 Å². The Bertz CT molecular complexity index is 390. The number of nitrogens with zero attached hydrogens (tertiary/aromatic N) is 1. The third-order valence-electron chi connectivity index (χ3n) is 3.60. The van der Waals surface area contributed by atoms with E-state index in [0.717, 1.165) is 32.1 Å². The van der Waals surface area contributed by atoms with Crippen LogP contribution >= 0.6 is 68.0 Å². The molecule has 0 spiro atoms. The number of rotatable bonds is 5. The van der Waals surface area contributed by atoms with E-state index < -0.39 is 0 Å². The summed E-state index contributed by atoms with van der Waals surface area (Å²) in [7, 11) is 0. The molecule has 2 heterocycles. The van der Waals surface area contributed by atoms with Crippen molar-refractivity contribution >= 4 is 68.0 Å². The summed E-state index contributed by atoms with van der Waals surface area (Å²) in [5, 5.41) is 3.45. The van der Waals surface area contributed by atoms with Gasteiger partial charge in [-0.2, -0.15) is 0 Å². The zero-order valence-corrected chi connectivity index (χ0v) is 18.0. The molecule has 1 saturated heterocycles. The van der Waals surface area contributed by atoms with Gasteiger partial charge in [0, 0.05) is 41.6 Å². The second kappa shape index (κ2) is 10.8. The van der Waals surface area contributed by atoms with Crippen LogP contribution in [0.25, 0.3) is 0 Å². The summed E-state index contributed by atoms with van der Waals surface area (Å²) in [5.74, 6) is 0.775. The minimum atomic E-state index is 0. The number of hydrogen-bond acceptors (Lipinski definition) is 3. The van der Waals surface area contributed by atoms with Gasteiger partial charge in [-0.15, -0.1) is 36.2 Å². The number of nitrogens with one attached hydrogen (secondary N) is 1. The first-order valence-corrected chi connectivity index (χ1v) is 9.37. The van der Waals surface area contributed by atoms with Crippen molar-refractivity contribution in [2.24, 2.45) is 5.92 Å². The molecule has 0 saturated carbocycles. The van der Waals surface area contributed by atoms with Crippen molar-refractivity contribution in [3.05, 3.63) is 19.2 Å². The molecule has 0 aliphatic carbocycles. The molecule has 2 rings (SSSR count). The van der Waals surface area contributed by atoms with Crippen LogP contribution in [0.3, 0.4) is 0 Å². The van der Waals surface area contributed by atoms with Crippen LogP contribution in [0, 0.1) is 5.92 Å². The lowest BCUT2D eigenvalue weighted by Crippen LogP contribution is -2.45. The highest BCUT2D eigenvalue weighted by molar-refractivity contribution is 9.13. The SMILES string of the molecule is CC(C)CC[C@H](c1cc(Br)c(Br)s1)N1CCNCC1.Cl.Cl. The molecular weight excluding hydrogens is 459 g/mol. The smallest absolute Gasteiger partial charge is 0.0843 e. The van der Waals surface area contributed by atoms with Gasteiger partial charge in [0.05, 0.1) is 3.79 Å². The van der Waals surface area contributed by atoms with E-state index in [1.54, 1.807) is 0 Å². The second-order valence-electron chi connectivity index (χ2n) is 5.54. The average Bonchev–Trinajstić information content (AvgIpc) is 2.70. The molecule has 0 bridgehead atoms. The van der Waals surface area contributed by atoms with Crippen molar-refractivity contribution in [3.8, 4) is 0 Å². The first-order valence-electron chi connectivity index (χ1n) is 6.97. The average molecular weight is 483 g/mol. The summed E-state index contributed by atoms with van der Waals surface area (Å²) >= 11 is 9.13. The minimum absolute atomic E-state index is 0. The largest absolute Gasteiger partial charge is 0.314 e. The Morgan fingerprint density at radius 1 is 1.19 bits per heavy atom. The van der Waals surface area contributed by atoms with Gasteiger partial charge in [0.2, 0.25) is 0 Å². The number of hydrogen-bond donors (Lipinski definition) is 1. The van der Waals surface area contributed by atoms with Gasteiger partial charge in [0.1, 0.15) is 0 Å². The molecule has 0 unspecified atom stereocenters. The zero-order valence-electron chi connectivity index (χ0n) is 12.4. The molecule has 21 heavy (non-hydrogen) atoms. The second-order valence-corrected chi connectivity index (χ2v) is 8.80. The van der Waals surface area contributed by atoms with Crippen LogP contribution in [0.1, 0.15) is 37.6 Å². The molecule has 1 N–H and O–H groups in total. The van der Waals surface area contributed by atoms with Crippen LogP contribution in [0.4, 0.5) is 0 Å². The molecule has 1 atom stereocenters. The normalized spacial score (nSPS) is 17.2. The Hall–Kier alpha value is 1.16. The molecule has 2 nitrogen and oxygen atoms in total. The van der Waals surface area contributed by atoms with Gasteiger partial charge < -0.3 is 5.32 Å². The zero-order chi connectivity index (χ0) is 13.8. The van der Waals surface area contributed by atoms with Crippen molar-refractivity contribution in [2.45, 2.75) is 32.7 Å². The van der Waals surface area contributed by atoms with Gasteiger partial charge in [0.15, 0.2) is 0 Å². The molecule has 1 aliphatic heterocycles. The Morgan fingerprint density at radius 3 is 2.29 bits per heavy atom. The van der Waals surface area contributed by atoms with Gasteiger partial charge in [-0.3, -0.25) is 4.90 Å². The van der Waals surface area contributed by atoms with Crippen molar-refractivity contribution in [1.29, 1.82) is 0 Å². The Morgan fingerprint density at radius 2 is 1.81 bits per heavy atom. The quantitative estimate of drug-likeness (QED) is 0.596. The Kier molecular flexibility index (Phi) is 11.4. The van der Waals surface area contributed by atoms with Crippen LogP contribution in [0.2, 0.25) is 0 Å². The number of halogens is 4. The summed E-state index contributed by atoms with van der Waals surface area (Å²) in [6, 6.07) is 2.87. The summed E-state index contributed by atoms with van der Waals surface area (Å²) < 4.78 is 2.41. The van der Waals surface area contributed by atoms with Crippen LogP contribution < -0.4 is 5.32 Å². The molecule has 124 valence electrons. The lowest BCUT2D eigenvalue weighted by molar-refractivity contribution is 0.162. The van der Waals surface area contributed by atoms with Crippen molar-refractivity contribution in [2.75, 3.05) is 26.2 Å². The molecule has 1 fully saturated rings. The van der Waals surface area contributed by atoms with E-state index in [9.17, 15) is 0 Å². The van der Waals surface area contributed by atoms with E-state index in [-0.39, 0.29) is 24.8 Å². The Labute approximate surface area is 161 Å². The minimum Gasteiger partial charge on any atom is -0.314 e. The van der Waals surface area contributed by atoms with E-state index >= 15 is 0 Å². The molecular formula is C14H24Br2Cl2N2S. The van der Waals surface area contributed by atoms with Gasteiger partial charge >= 0.3 is 0 Å². The summed E-state index contributed by atoms with van der Waals surface area (Å²) in [5.41, 5.74) is 0. The summed E-state index contributed by atoms with van der Waals surface area (Å²) in [6.45, 7) is 9.19. The van der Waals surface area contributed by atoms with Crippen molar-refractivity contribution < 1.29 is 0 Å². The van der Waals surface area contributed by atoms with Gasteiger partial charge in [0.25, 0.3) is 0 Å². The molecule has 1 aromatic rings. The van der Waals surface area contributed by atoms with Crippen LogP contribution in [-0.4, -0.2) is 31.1 Å². The topological polar surface area (TPSA) is 15.3 Å². The molecule has 0 radical (unpaired) electrons. The maximum atomic E-state index is 3.63. The standard InChI is InChI=1S/C14H22Br2N2S.2ClH/c1-10(2)3-4-12(18-7-5-17-6-8-18)13-9-11(15)14(16)19-13;;/h9-10,12,17H,3-8H2,1-2H3;2*1H/t12-;;/m1../s1. The molecule has 1 aromatic heterocycles. The van der Waals surface area contributed by atoms with Crippen LogP contribution in [0.5, 0.6) is 0 Å². The van der Waals surface area contributed by atoms with E-state index in [1.165, 1.54) is 26.0 Å². The fourth-order valence-electron chi connectivity index (χ4n) is 2.52. The van der Waals surface area contributed by atoms with Crippen LogP contribution in [-0.2, 0) is 0 Å². The molecule has 0 amide bonds. The van der Waals surface area contributed by atoms with E-state index in [0.29, 0.717) is 6.04 Å². The molecule has 1 aliphatic rings. The monoisotopic (exact) mass is 480 g/mol. The predicted molar refractivity (Wildman–Crippen MR) is 105 cm³/mol. The third kappa shape index (κ3) is 6.66. The highest BCUT2D eigenvalue weighted by atomic mass is 79.9. The third-order valence-corrected chi connectivity index (χ3v) is 6.96. The highest BCUT2D eigenvalue weighted by Crippen LogP contribution is 2.39. The van der Waals surface area contributed by atoms with Gasteiger partial charge in [-0.1, -0.05) is 13.8 Å². The maximum Gasteiger partial charge on any atom is 0.0843 e. The number of piperazine rings is 1. The van der Waals surface area contributed by atoms with Crippen molar-refractivity contribution in [1.82, 2.24) is 10.2 Å². The van der Waals surface area contributed by atoms with Gasteiger partial charge in [-0.05, 0) is 56.7 Å². The Balaban J connectivity index is 0.00000200. The lowest BCUT2D eigenvalue weighted by atomic mass is 10.0. The first-order chi connectivity index (χ1) is 9.08. The van der Waals surface area contributed by atoms with E-state index in [1.807, 2.05) is 11.3 Å². The highest BCUT2D eigenvalue weighted by Gasteiger charge is 2.24. The first kappa shape index (κ1) is 22.2. The fraction of sp³-hybridized carbons (Fsp3) is 0.714. The van der Waals surface area contributed by atoms with Crippen LogP contribution in [0.15, 0.2) is 14.3 Å². The van der Waals surface area contributed by atoms with Gasteiger partial charge in [-0.25, -0.2) is 0 Å². The maximum absolute atomic E-state index is 3.63. The lowest BCUT2D eigenvalue weighted by Gasteiger charge is -2.34. The van der Waals surface area contributed by atoms with Crippen molar-refractivity contribution in [3.63, 3.8) is 0 Å². The molecule has 7 heteroatoms. The number of thiophene rings is 1. The predicted octanol–water partition coefficient (Wildman–Crippen LogP) is 5.50. The molecule has 0 aromatic carbocycles. The van der Waals surface area contributed by atoms with E-state index in [4.69, 9.17) is 0 Å². The summed E-state index contributed by atoms with van der Waals surface area (Å²) in [4.78, 5) is 4.13.